The van der Waals surface area contributed by atoms with Crippen molar-refractivity contribution < 1.29 is 19.8 Å². The van der Waals surface area contributed by atoms with Gasteiger partial charge in [0.15, 0.2) is 0 Å². The van der Waals surface area contributed by atoms with Crippen LogP contribution in [-0.4, -0.2) is 63.2 Å². The molecule has 2 aromatic rings. The van der Waals surface area contributed by atoms with Gasteiger partial charge in [-0.3, -0.25) is 19.3 Å². The lowest BCUT2D eigenvalue weighted by Crippen LogP contribution is -2.71. The molecule has 1 aromatic carbocycles. The Morgan fingerprint density at radius 2 is 2.00 bits per heavy atom. The Morgan fingerprint density at radius 1 is 1.25 bits per heavy atom. The number of phenolic OH excluding ortho intramolecular Hbond substituents is 1. The fraction of sp³-hybridized carbons (Fsp3) is 0.519. The number of aromatic hydroxyl groups is 1. The maximum atomic E-state index is 12.9. The lowest BCUT2D eigenvalue weighted by molar-refractivity contribution is -0.139. The van der Waals surface area contributed by atoms with Crippen LogP contribution in [0.25, 0.3) is 0 Å². The quantitative estimate of drug-likeness (QED) is 0.402. The zero-order valence-electron chi connectivity index (χ0n) is 20.8. The SMILES string of the molecule is Cc1ccc(O)cc1[C@]12CCN(CC3CC3)[C@H](C)[C@]1(O)Cc1cc(C(=O)NCC(N)=O)c(=O)[nH]c1C2. The maximum Gasteiger partial charge on any atom is 0.261 e. The second-order valence-electron chi connectivity index (χ2n) is 10.9. The summed E-state index contributed by atoms with van der Waals surface area (Å²) in [4.78, 5) is 41.8. The third-order valence-electron chi connectivity index (χ3n) is 8.64. The Morgan fingerprint density at radius 3 is 2.69 bits per heavy atom. The monoisotopic (exact) mass is 494 g/mol. The summed E-state index contributed by atoms with van der Waals surface area (Å²) in [5.41, 5.74) is 5.78. The molecule has 1 saturated heterocycles. The Balaban J connectivity index is 1.61. The summed E-state index contributed by atoms with van der Waals surface area (Å²) >= 11 is 0. The minimum atomic E-state index is -1.20. The van der Waals surface area contributed by atoms with Crippen LogP contribution in [0.3, 0.4) is 0 Å². The highest BCUT2D eigenvalue weighted by molar-refractivity contribution is 5.96. The predicted molar refractivity (Wildman–Crippen MR) is 134 cm³/mol. The van der Waals surface area contributed by atoms with Gasteiger partial charge in [-0.15, -0.1) is 0 Å². The number of likely N-dealkylation sites (tertiary alicyclic amines) is 1. The van der Waals surface area contributed by atoms with Crippen LogP contribution >= 0.6 is 0 Å². The van der Waals surface area contributed by atoms with Crippen molar-refractivity contribution >= 4 is 11.8 Å². The second kappa shape index (κ2) is 8.74. The number of piperidine rings is 1. The Labute approximate surface area is 209 Å². The molecule has 9 nitrogen and oxygen atoms in total. The fourth-order valence-electron chi connectivity index (χ4n) is 6.43. The highest BCUT2D eigenvalue weighted by atomic mass is 16.3. The van der Waals surface area contributed by atoms with Gasteiger partial charge in [-0.2, -0.15) is 0 Å². The zero-order chi connectivity index (χ0) is 25.8. The molecule has 0 bridgehead atoms. The van der Waals surface area contributed by atoms with Gasteiger partial charge in [-0.25, -0.2) is 0 Å². The van der Waals surface area contributed by atoms with Crippen molar-refractivity contribution in [2.75, 3.05) is 19.6 Å². The number of nitrogens with two attached hydrogens (primary N) is 1. The van der Waals surface area contributed by atoms with Gasteiger partial charge in [-0.05, 0) is 80.5 Å². The molecule has 192 valence electrons. The van der Waals surface area contributed by atoms with Gasteiger partial charge in [0.1, 0.15) is 11.3 Å². The van der Waals surface area contributed by atoms with E-state index < -0.39 is 28.4 Å². The Kier molecular flexibility index (Phi) is 5.95. The van der Waals surface area contributed by atoms with E-state index in [9.17, 15) is 24.6 Å². The normalized spacial score (nSPS) is 27.7. The number of pyridine rings is 1. The number of fused-ring (bicyclic) bond motifs is 2. The minimum absolute atomic E-state index is 0.113. The van der Waals surface area contributed by atoms with Crippen molar-refractivity contribution in [3.63, 3.8) is 0 Å². The molecule has 3 aliphatic rings. The largest absolute Gasteiger partial charge is 0.508 e. The molecule has 2 amide bonds. The maximum absolute atomic E-state index is 12.9. The molecule has 5 rings (SSSR count). The average Bonchev–Trinajstić information content (AvgIpc) is 3.65. The van der Waals surface area contributed by atoms with E-state index >= 15 is 0 Å². The van der Waals surface area contributed by atoms with E-state index in [0.717, 1.165) is 24.2 Å². The van der Waals surface area contributed by atoms with Gasteiger partial charge in [-0.1, -0.05) is 6.07 Å². The highest BCUT2D eigenvalue weighted by Crippen LogP contribution is 2.54. The van der Waals surface area contributed by atoms with E-state index in [-0.39, 0.29) is 30.3 Å². The summed E-state index contributed by atoms with van der Waals surface area (Å²) in [6, 6.07) is 6.62. The first-order chi connectivity index (χ1) is 17.0. The van der Waals surface area contributed by atoms with Crippen LogP contribution < -0.4 is 16.6 Å². The van der Waals surface area contributed by atoms with Gasteiger partial charge in [0.05, 0.1) is 12.1 Å². The summed E-state index contributed by atoms with van der Waals surface area (Å²) in [7, 11) is 0. The number of rotatable bonds is 6. The van der Waals surface area contributed by atoms with E-state index in [1.807, 2.05) is 13.0 Å². The van der Waals surface area contributed by atoms with Crippen molar-refractivity contribution in [2.24, 2.45) is 11.7 Å². The van der Waals surface area contributed by atoms with E-state index in [4.69, 9.17) is 5.73 Å². The number of aryl methyl sites for hydroxylation is 1. The molecule has 0 unspecified atom stereocenters. The number of aromatic amines is 1. The third-order valence-corrected chi connectivity index (χ3v) is 8.64. The van der Waals surface area contributed by atoms with Crippen molar-refractivity contribution in [1.29, 1.82) is 0 Å². The smallest absolute Gasteiger partial charge is 0.261 e. The molecular formula is C27H34N4O5. The van der Waals surface area contributed by atoms with Gasteiger partial charge < -0.3 is 26.2 Å². The lowest BCUT2D eigenvalue weighted by Gasteiger charge is -2.60. The van der Waals surface area contributed by atoms with Crippen LogP contribution in [0.4, 0.5) is 0 Å². The number of carbonyl (C=O) groups excluding carboxylic acids is 2. The van der Waals surface area contributed by atoms with E-state index in [1.54, 1.807) is 12.1 Å². The molecule has 2 heterocycles. The van der Waals surface area contributed by atoms with Gasteiger partial charge in [0.25, 0.3) is 11.5 Å². The topological polar surface area (TPSA) is 149 Å². The van der Waals surface area contributed by atoms with E-state index in [1.165, 1.54) is 18.9 Å². The predicted octanol–water partition coefficient (Wildman–Crippen LogP) is 0.876. The summed E-state index contributed by atoms with van der Waals surface area (Å²) in [6.45, 7) is 5.42. The van der Waals surface area contributed by atoms with Crippen molar-refractivity contribution in [1.82, 2.24) is 15.2 Å². The zero-order valence-corrected chi connectivity index (χ0v) is 20.8. The molecule has 1 aromatic heterocycles. The first-order valence-electron chi connectivity index (χ1n) is 12.6. The number of primary amides is 1. The lowest BCUT2D eigenvalue weighted by atomic mass is 9.53. The Hall–Kier alpha value is -3.17. The van der Waals surface area contributed by atoms with Crippen LogP contribution in [0.2, 0.25) is 0 Å². The molecule has 2 fully saturated rings. The molecule has 36 heavy (non-hydrogen) atoms. The van der Waals surface area contributed by atoms with E-state index in [0.29, 0.717) is 30.0 Å². The summed E-state index contributed by atoms with van der Waals surface area (Å²) in [6.07, 6.45) is 3.72. The number of nitrogens with zero attached hydrogens (tertiary/aromatic N) is 1. The van der Waals surface area contributed by atoms with Crippen molar-refractivity contribution in [3.8, 4) is 5.75 Å². The number of phenols is 1. The number of hydrogen-bond donors (Lipinski definition) is 5. The second-order valence-corrected chi connectivity index (χ2v) is 10.9. The van der Waals surface area contributed by atoms with Crippen LogP contribution in [0, 0.1) is 12.8 Å². The van der Waals surface area contributed by atoms with Crippen molar-refractivity contribution in [3.05, 3.63) is 62.6 Å². The molecule has 2 aliphatic carbocycles. The number of aliphatic hydroxyl groups is 1. The fourth-order valence-corrected chi connectivity index (χ4v) is 6.43. The number of nitrogens with one attached hydrogen (secondary N) is 2. The number of benzene rings is 1. The van der Waals surface area contributed by atoms with Crippen LogP contribution in [-0.2, 0) is 23.1 Å². The molecule has 0 radical (unpaired) electrons. The van der Waals surface area contributed by atoms with Gasteiger partial charge >= 0.3 is 0 Å². The van der Waals surface area contributed by atoms with Gasteiger partial charge in [0, 0.05) is 36.5 Å². The first kappa shape index (κ1) is 24.5. The Bertz CT molecular complexity index is 1290. The van der Waals surface area contributed by atoms with E-state index in [2.05, 4.69) is 22.1 Å². The minimum Gasteiger partial charge on any atom is -0.508 e. The summed E-state index contributed by atoms with van der Waals surface area (Å²) in [5.74, 6) is -0.581. The first-order valence-corrected chi connectivity index (χ1v) is 12.6. The average molecular weight is 495 g/mol. The molecular weight excluding hydrogens is 460 g/mol. The summed E-state index contributed by atoms with van der Waals surface area (Å²) < 4.78 is 0. The molecule has 9 heteroatoms. The van der Waals surface area contributed by atoms with Gasteiger partial charge in [0.2, 0.25) is 5.91 Å². The number of aromatic nitrogens is 1. The number of amides is 2. The number of hydrogen-bond acceptors (Lipinski definition) is 6. The third kappa shape index (κ3) is 4.00. The standard InChI is InChI=1S/C27H34N4O5/c1-15-3-6-19(32)10-21(15)26-7-8-31(14-17-4-5-17)16(2)27(26,36)11-18-9-20(24(34)29-13-23(28)33)25(35)30-22(18)12-26/h3,6,9-10,16-17,32,36H,4-5,7-8,11-14H2,1-2H3,(H2,28,33)(H,29,34)(H,30,35)/t16-,26-,27-/m1/s1. The van der Waals surface area contributed by atoms with Crippen molar-refractivity contribution in [2.45, 2.75) is 63.0 Å². The van der Waals surface area contributed by atoms with Crippen LogP contribution in [0.5, 0.6) is 5.75 Å². The molecule has 1 aliphatic heterocycles. The molecule has 1 saturated carbocycles. The summed E-state index contributed by atoms with van der Waals surface area (Å²) in [5, 5.41) is 25.4. The number of H-pyrrole nitrogens is 1. The molecule has 6 N–H and O–H groups in total. The molecule has 0 spiro atoms. The van der Waals surface area contributed by atoms with Crippen LogP contribution in [0.15, 0.2) is 29.1 Å². The van der Waals surface area contributed by atoms with Crippen LogP contribution in [0.1, 0.15) is 58.9 Å². The highest BCUT2D eigenvalue weighted by Gasteiger charge is 2.61. The number of carbonyl (C=O) groups is 2. The molecule has 3 atom stereocenters.